The van der Waals surface area contributed by atoms with E-state index < -0.39 is 11.5 Å². The van der Waals surface area contributed by atoms with Gasteiger partial charge >= 0.3 is 0 Å². The highest BCUT2D eigenvalue weighted by atomic mass is 16.3. The van der Waals surface area contributed by atoms with Crippen LogP contribution in [-0.2, 0) is 4.79 Å². The van der Waals surface area contributed by atoms with Gasteiger partial charge in [-0.05, 0) is 56.3 Å². The number of rotatable bonds is 4. The molecule has 0 bridgehead atoms. The molecule has 2 aliphatic rings. The molecule has 21 heavy (non-hydrogen) atoms. The first-order valence-corrected chi connectivity index (χ1v) is 8.21. The van der Waals surface area contributed by atoms with E-state index in [1.807, 2.05) is 6.92 Å². The Morgan fingerprint density at radius 2 is 2.05 bits per heavy atom. The van der Waals surface area contributed by atoms with Crippen LogP contribution in [0.3, 0.4) is 0 Å². The second kappa shape index (κ2) is 5.85. The van der Waals surface area contributed by atoms with Crippen LogP contribution in [0.15, 0.2) is 12.2 Å². The van der Waals surface area contributed by atoms with Gasteiger partial charge in [0.2, 0.25) is 0 Å². The van der Waals surface area contributed by atoms with Crippen LogP contribution in [0, 0.1) is 22.7 Å². The zero-order valence-corrected chi connectivity index (χ0v) is 13.7. The number of hydrogen-bond donors (Lipinski definition) is 2. The van der Waals surface area contributed by atoms with Gasteiger partial charge in [0.25, 0.3) is 0 Å². The molecule has 0 radical (unpaired) electrons. The molecule has 2 saturated carbocycles. The van der Waals surface area contributed by atoms with Gasteiger partial charge < -0.3 is 15.0 Å². The number of Topliss-reactive ketones (excluding diaryl/α,β-unsaturated/α-hetero) is 1. The number of fused-ring (bicyclic) bond motifs is 1. The minimum atomic E-state index is -0.430. The van der Waals surface area contributed by atoms with Gasteiger partial charge in [0.15, 0.2) is 0 Å². The maximum Gasteiger partial charge on any atom is 0.129 e. The second-order valence-corrected chi connectivity index (χ2v) is 7.77. The number of carbonyl (C=O) groups is 1. The zero-order chi connectivity index (χ0) is 15.8. The summed E-state index contributed by atoms with van der Waals surface area (Å²) in [6.07, 6.45) is 4.65. The molecule has 0 saturated heterocycles. The molecule has 0 unspecified atom stereocenters. The summed E-state index contributed by atoms with van der Waals surface area (Å²) in [6.45, 7) is 10.2. The van der Waals surface area contributed by atoms with Crippen molar-refractivity contribution in [3.05, 3.63) is 12.2 Å². The summed E-state index contributed by atoms with van der Waals surface area (Å²) in [7, 11) is 0. The highest BCUT2D eigenvalue weighted by Crippen LogP contribution is 2.61. The van der Waals surface area contributed by atoms with E-state index in [1.54, 1.807) is 6.92 Å². The number of carbonyl (C=O) groups excluding carboxylic acids is 1. The van der Waals surface area contributed by atoms with Crippen LogP contribution >= 0.6 is 0 Å². The molecule has 0 heterocycles. The van der Waals surface area contributed by atoms with Crippen molar-refractivity contribution in [3.8, 4) is 0 Å². The van der Waals surface area contributed by atoms with Crippen LogP contribution in [0.5, 0.6) is 0 Å². The summed E-state index contributed by atoms with van der Waals surface area (Å²) in [5, 5.41) is 20.3. The monoisotopic (exact) mass is 294 g/mol. The summed E-state index contributed by atoms with van der Waals surface area (Å²) in [4.78, 5) is 11.4. The van der Waals surface area contributed by atoms with Crippen molar-refractivity contribution in [1.82, 2.24) is 0 Å². The molecule has 0 amide bonds. The average Bonchev–Trinajstić information content (AvgIpc) is 2.42. The Balaban J connectivity index is 2.31. The first-order chi connectivity index (χ1) is 9.75. The normalized spacial score (nSPS) is 43.5. The average molecular weight is 294 g/mol. The lowest BCUT2D eigenvalue weighted by Gasteiger charge is -2.60. The van der Waals surface area contributed by atoms with Crippen LogP contribution in [0.4, 0.5) is 0 Å². The third-order valence-electron chi connectivity index (χ3n) is 6.48. The third kappa shape index (κ3) is 2.70. The molecular formula is C18H30O3. The van der Waals surface area contributed by atoms with E-state index in [0.29, 0.717) is 18.3 Å². The molecule has 120 valence electrons. The summed E-state index contributed by atoms with van der Waals surface area (Å²) >= 11 is 0. The summed E-state index contributed by atoms with van der Waals surface area (Å²) in [5.41, 5.74) is 0.871. The Hall–Kier alpha value is -0.670. The standard InChI is InChI=1S/C18H30O3/c1-12-5-8-15-17(3,14(12)7-6-13(2)20)10-9-16(21)18(15,4)11-19/h14-16,19,21H,1,5-11H2,2-4H3/t14-,15+,16-,17+,18+/m1/s1. The van der Waals surface area contributed by atoms with E-state index in [0.717, 1.165) is 32.1 Å². The lowest BCUT2D eigenvalue weighted by Crippen LogP contribution is -2.57. The maximum absolute atomic E-state index is 11.4. The first-order valence-electron chi connectivity index (χ1n) is 8.21. The van der Waals surface area contributed by atoms with Crippen LogP contribution in [0.1, 0.15) is 59.3 Å². The third-order valence-corrected chi connectivity index (χ3v) is 6.48. The van der Waals surface area contributed by atoms with Gasteiger partial charge in [0.05, 0.1) is 12.7 Å². The highest BCUT2D eigenvalue weighted by Gasteiger charge is 2.57. The Bertz CT molecular complexity index is 430. The fourth-order valence-electron chi connectivity index (χ4n) is 5.08. The first kappa shape index (κ1) is 16.7. The van der Waals surface area contributed by atoms with Crippen molar-refractivity contribution in [2.75, 3.05) is 6.61 Å². The molecule has 0 aromatic heterocycles. The van der Waals surface area contributed by atoms with Gasteiger partial charge in [-0.2, -0.15) is 0 Å². The summed E-state index contributed by atoms with van der Waals surface area (Å²) in [5.74, 6) is 0.856. The largest absolute Gasteiger partial charge is 0.396 e. The molecule has 2 aliphatic carbocycles. The lowest BCUT2D eigenvalue weighted by atomic mass is 9.46. The van der Waals surface area contributed by atoms with Crippen LogP contribution < -0.4 is 0 Å². The number of allylic oxidation sites excluding steroid dienone is 1. The van der Waals surface area contributed by atoms with Crippen molar-refractivity contribution >= 4 is 5.78 Å². The molecule has 2 rings (SSSR count). The molecule has 2 N–H and O–H groups in total. The summed E-state index contributed by atoms with van der Waals surface area (Å²) < 4.78 is 0. The van der Waals surface area contributed by atoms with Crippen molar-refractivity contribution in [3.63, 3.8) is 0 Å². The van der Waals surface area contributed by atoms with Gasteiger partial charge in [-0.25, -0.2) is 0 Å². The van der Waals surface area contributed by atoms with E-state index in [-0.39, 0.29) is 17.8 Å². The van der Waals surface area contributed by atoms with E-state index in [2.05, 4.69) is 13.5 Å². The predicted octanol–water partition coefficient (Wildman–Crippen LogP) is 3.10. The van der Waals surface area contributed by atoms with Crippen molar-refractivity contribution in [2.45, 2.75) is 65.4 Å². The van der Waals surface area contributed by atoms with Crippen LogP contribution in [0.2, 0.25) is 0 Å². The predicted molar refractivity (Wildman–Crippen MR) is 83.8 cm³/mol. The number of aliphatic hydroxyl groups is 2. The zero-order valence-electron chi connectivity index (χ0n) is 13.7. The number of aliphatic hydroxyl groups excluding tert-OH is 2. The highest BCUT2D eigenvalue weighted by molar-refractivity contribution is 5.75. The van der Waals surface area contributed by atoms with E-state index in [9.17, 15) is 15.0 Å². The van der Waals surface area contributed by atoms with Crippen molar-refractivity contribution in [2.24, 2.45) is 22.7 Å². The Morgan fingerprint density at radius 3 is 2.62 bits per heavy atom. The second-order valence-electron chi connectivity index (χ2n) is 7.77. The fraction of sp³-hybridized carbons (Fsp3) is 0.833. The van der Waals surface area contributed by atoms with E-state index in [1.165, 1.54) is 5.57 Å². The minimum Gasteiger partial charge on any atom is -0.396 e. The molecular weight excluding hydrogens is 264 g/mol. The molecule has 0 aromatic carbocycles. The topological polar surface area (TPSA) is 57.5 Å². The molecule has 2 fully saturated rings. The Morgan fingerprint density at radius 1 is 1.38 bits per heavy atom. The van der Waals surface area contributed by atoms with Gasteiger partial charge in [-0.3, -0.25) is 0 Å². The van der Waals surface area contributed by atoms with Crippen molar-refractivity contribution in [1.29, 1.82) is 0 Å². The molecule has 5 atom stereocenters. The Labute approximate surface area is 128 Å². The fourth-order valence-corrected chi connectivity index (χ4v) is 5.08. The van der Waals surface area contributed by atoms with Gasteiger partial charge in [0, 0.05) is 11.8 Å². The molecule has 0 aliphatic heterocycles. The van der Waals surface area contributed by atoms with Gasteiger partial charge in [-0.1, -0.05) is 26.0 Å². The summed E-state index contributed by atoms with van der Waals surface area (Å²) in [6, 6.07) is 0. The van der Waals surface area contributed by atoms with Gasteiger partial charge in [0.1, 0.15) is 5.78 Å². The minimum absolute atomic E-state index is 0.0281. The number of hydrogen-bond acceptors (Lipinski definition) is 3. The molecule has 3 nitrogen and oxygen atoms in total. The molecule has 0 aromatic rings. The molecule has 3 heteroatoms. The van der Waals surface area contributed by atoms with Crippen LogP contribution in [-0.4, -0.2) is 28.7 Å². The number of ketones is 1. The van der Waals surface area contributed by atoms with Gasteiger partial charge in [-0.15, -0.1) is 0 Å². The van der Waals surface area contributed by atoms with Crippen molar-refractivity contribution < 1.29 is 15.0 Å². The maximum atomic E-state index is 11.4. The SMILES string of the molecule is C=C1CC[C@@H]2[C@](C)(CO)[C@H](O)CC[C@@]2(C)[C@@H]1CCC(C)=O. The van der Waals surface area contributed by atoms with Crippen LogP contribution in [0.25, 0.3) is 0 Å². The molecule has 0 spiro atoms. The van der Waals surface area contributed by atoms with E-state index >= 15 is 0 Å². The van der Waals surface area contributed by atoms with E-state index in [4.69, 9.17) is 0 Å². The Kier molecular flexibility index (Phi) is 4.65. The lowest BCUT2D eigenvalue weighted by molar-refractivity contribution is -0.152. The quantitative estimate of drug-likeness (QED) is 0.783. The smallest absolute Gasteiger partial charge is 0.129 e.